The lowest BCUT2D eigenvalue weighted by molar-refractivity contribution is 0.402. The van der Waals surface area contributed by atoms with Crippen LogP contribution in [0.4, 0.5) is 23.0 Å². The molecule has 1 aromatic heterocycles. The predicted molar refractivity (Wildman–Crippen MR) is 116 cm³/mol. The number of nitrogen functional groups attached to an aromatic ring is 1. The second kappa shape index (κ2) is 8.30. The molecule has 0 aliphatic carbocycles. The summed E-state index contributed by atoms with van der Waals surface area (Å²) in [5, 5.41) is 3.36. The SMILES string of the molecule is Cc1ccccc1Nc1ncnc(N2CCC(Cc3ccccc3)CC2)c1N. The van der Waals surface area contributed by atoms with Crippen molar-refractivity contribution in [3.05, 3.63) is 72.1 Å². The molecule has 2 heterocycles. The summed E-state index contributed by atoms with van der Waals surface area (Å²) in [5.41, 5.74) is 10.7. The van der Waals surface area contributed by atoms with Gasteiger partial charge in [-0.2, -0.15) is 0 Å². The van der Waals surface area contributed by atoms with Crippen LogP contribution in [0.3, 0.4) is 0 Å². The minimum atomic E-state index is 0.618. The Morgan fingerprint density at radius 1 is 1.00 bits per heavy atom. The molecule has 0 unspecified atom stereocenters. The van der Waals surface area contributed by atoms with Crippen molar-refractivity contribution >= 4 is 23.0 Å². The first kappa shape index (κ1) is 18.3. The minimum Gasteiger partial charge on any atom is -0.393 e. The Morgan fingerprint density at radius 2 is 1.71 bits per heavy atom. The van der Waals surface area contributed by atoms with Crippen molar-refractivity contribution in [3.63, 3.8) is 0 Å². The molecule has 144 valence electrons. The summed E-state index contributed by atoms with van der Waals surface area (Å²) >= 11 is 0. The number of aryl methyl sites for hydroxylation is 1. The maximum absolute atomic E-state index is 6.44. The molecule has 1 saturated heterocycles. The van der Waals surface area contributed by atoms with E-state index in [0.717, 1.165) is 49.4 Å². The highest BCUT2D eigenvalue weighted by molar-refractivity contribution is 5.78. The number of nitrogens with one attached hydrogen (secondary N) is 1. The van der Waals surface area contributed by atoms with E-state index in [0.29, 0.717) is 17.4 Å². The zero-order chi connectivity index (χ0) is 19.3. The second-order valence-electron chi connectivity index (χ2n) is 7.52. The number of piperidine rings is 1. The maximum Gasteiger partial charge on any atom is 0.159 e. The van der Waals surface area contributed by atoms with E-state index in [1.807, 2.05) is 18.2 Å². The molecular formula is C23H27N5. The number of nitrogens with two attached hydrogens (primary N) is 1. The van der Waals surface area contributed by atoms with Crippen molar-refractivity contribution in [1.29, 1.82) is 0 Å². The van der Waals surface area contributed by atoms with Crippen LogP contribution in [0.2, 0.25) is 0 Å². The molecule has 0 bridgehead atoms. The molecule has 5 heteroatoms. The van der Waals surface area contributed by atoms with Crippen molar-refractivity contribution in [3.8, 4) is 0 Å². The maximum atomic E-state index is 6.44. The Morgan fingerprint density at radius 3 is 2.46 bits per heavy atom. The van der Waals surface area contributed by atoms with Gasteiger partial charge in [-0.1, -0.05) is 48.5 Å². The van der Waals surface area contributed by atoms with Gasteiger partial charge in [0.2, 0.25) is 0 Å². The fourth-order valence-corrected chi connectivity index (χ4v) is 3.87. The van der Waals surface area contributed by atoms with E-state index in [2.05, 4.69) is 63.5 Å². The van der Waals surface area contributed by atoms with Gasteiger partial charge in [0.25, 0.3) is 0 Å². The van der Waals surface area contributed by atoms with Crippen LogP contribution in [-0.2, 0) is 6.42 Å². The normalized spacial score (nSPS) is 14.8. The third-order valence-electron chi connectivity index (χ3n) is 5.54. The molecule has 3 N–H and O–H groups in total. The van der Waals surface area contributed by atoms with E-state index in [9.17, 15) is 0 Å². The van der Waals surface area contributed by atoms with Crippen molar-refractivity contribution in [2.24, 2.45) is 5.92 Å². The Hall–Kier alpha value is -3.08. The number of aromatic nitrogens is 2. The highest BCUT2D eigenvalue weighted by atomic mass is 15.2. The van der Waals surface area contributed by atoms with Gasteiger partial charge in [-0.3, -0.25) is 0 Å². The van der Waals surface area contributed by atoms with Gasteiger partial charge in [-0.15, -0.1) is 0 Å². The Bertz CT molecular complexity index is 917. The number of hydrogen-bond acceptors (Lipinski definition) is 5. The second-order valence-corrected chi connectivity index (χ2v) is 7.52. The number of rotatable bonds is 5. The zero-order valence-electron chi connectivity index (χ0n) is 16.3. The van der Waals surface area contributed by atoms with Crippen LogP contribution >= 0.6 is 0 Å². The smallest absolute Gasteiger partial charge is 0.159 e. The van der Waals surface area contributed by atoms with E-state index in [1.165, 1.54) is 5.56 Å². The summed E-state index contributed by atoms with van der Waals surface area (Å²) in [6.07, 6.45) is 5.05. The summed E-state index contributed by atoms with van der Waals surface area (Å²) in [6.45, 7) is 4.02. The molecule has 0 spiro atoms. The molecule has 4 rings (SSSR count). The molecule has 0 radical (unpaired) electrons. The van der Waals surface area contributed by atoms with E-state index in [-0.39, 0.29) is 0 Å². The van der Waals surface area contributed by atoms with Gasteiger partial charge in [-0.05, 0) is 49.3 Å². The van der Waals surface area contributed by atoms with Crippen LogP contribution in [0.25, 0.3) is 0 Å². The average molecular weight is 374 g/mol. The number of hydrogen-bond donors (Lipinski definition) is 2. The molecule has 2 aromatic carbocycles. The molecule has 0 atom stereocenters. The lowest BCUT2D eigenvalue weighted by Crippen LogP contribution is -2.35. The van der Waals surface area contributed by atoms with Crippen LogP contribution in [0, 0.1) is 12.8 Å². The van der Waals surface area contributed by atoms with E-state index in [4.69, 9.17) is 5.73 Å². The van der Waals surface area contributed by atoms with Crippen LogP contribution in [0.1, 0.15) is 24.0 Å². The minimum absolute atomic E-state index is 0.618. The van der Waals surface area contributed by atoms with Gasteiger partial charge in [0.15, 0.2) is 11.6 Å². The van der Waals surface area contributed by atoms with E-state index in [1.54, 1.807) is 6.33 Å². The van der Waals surface area contributed by atoms with Gasteiger partial charge >= 0.3 is 0 Å². The van der Waals surface area contributed by atoms with Gasteiger partial charge in [0, 0.05) is 18.8 Å². The number of nitrogens with zero attached hydrogens (tertiary/aromatic N) is 3. The average Bonchev–Trinajstić information content (AvgIpc) is 2.73. The molecule has 0 saturated carbocycles. The lowest BCUT2D eigenvalue weighted by atomic mass is 9.90. The fraction of sp³-hybridized carbons (Fsp3) is 0.304. The molecule has 3 aromatic rings. The monoisotopic (exact) mass is 373 g/mol. The van der Waals surface area contributed by atoms with E-state index < -0.39 is 0 Å². The van der Waals surface area contributed by atoms with Crippen LogP contribution < -0.4 is 16.0 Å². The standard InChI is InChI=1S/C23H27N5/c1-17-7-5-6-10-20(17)27-22-21(24)23(26-16-25-22)28-13-11-19(12-14-28)15-18-8-3-2-4-9-18/h2-10,16,19H,11-15,24H2,1H3,(H,25,26,27). The molecule has 1 fully saturated rings. The molecular weight excluding hydrogens is 346 g/mol. The molecule has 5 nitrogen and oxygen atoms in total. The molecule has 0 amide bonds. The summed E-state index contributed by atoms with van der Waals surface area (Å²) in [5.74, 6) is 2.22. The van der Waals surface area contributed by atoms with Gasteiger partial charge < -0.3 is 16.0 Å². The first-order valence-corrected chi connectivity index (χ1v) is 9.92. The first-order chi connectivity index (χ1) is 13.7. The number of benzene rings is 2. The summed E-state index contributed by atoms with van der Waals surface area (Å²) in [6, 6.07) is 18.9. The van der Waals surface area contributed by atoms with Crippen molar-refractivity contribution in [2.45, 2.75) is 26.2 Å². The molecule has 28 heavy (non-hydrogen) atoms. The topological polar surface area (TPSA) is 67.1 Å². The van der Waals surface area contributed by atoms with Crippen LogP contribution in [-0.4, -0.2) is 23.1 Å². The van der Waals surface area contributed by atoms with Gasteiger partial charge in [0.1, 0.15) is 12.0 Å². The fourth-order valence-electron chi connectivity index (χ4n) is 3.87. The molecule has 1 aliphatic rings. The largest absolute Gasteiger partial charge is 0.393 e. The quantitative estimate of drug-likeness (QED) is 0.686. The van der Waals surface area contributed by atoms with Gasteiger partial charge in [-0.25, -0.2) is 9.97 Å². The van der Waals surface area contributed by atoms with Crippen LogP contribution in [0.15, 0.2) is 60.9 Å². The Labute approximate surface area is 166 Å². The molecule has 1 aliphatic heterocycles. The zero-order valence-corrected chi connectivity index (χ0v) is 16.3. The van der Waals surface area contributed by atoms with E-state index >= 15 is 0 Å². The summed E-state index contributed by atoms with van der Waals surface area (Å²) < 4.78 is 0. The number of para-hydroxylation sites is 1. The Balaban J connectivity index is 1.43. The van der Waals surface area contributed by atoms with Crippen molar-refractivity contribution < 1.29 is 0 Å². The van der Waals surface area contributed by atoms with Crippen LogP contribution in [0.5, 0.6) is 0 Å². The summed E-state index contributed by atoms with van der Waals surface area (Å²) in [4.78, 5) is 11.1. The van der Waals surface area contributed by atoms with Crippen molar-refractivity contribution in [1.82, 2.24) is 9.97 Å². The first-order valence-electron chi connectivity index (χ1n) is 9.92. The Kier molecular flexibility index (Phi) is 5.42. The number of anilines is 4. The van der Waals surface area contributed by atoms with Crippen molar-refractivity contribution in [2.75, 3.05) is 29.0 Å². The predicted octanol–water partition coefficient (Wildman–Crippen LogP) is 4.57. The summed E-state index contributed by atoms with van der Waals surface area (Å²) in [7, 11) is 0. The lowest BCUT2D eigenvalue weighted by Gasteiger charge is -2.33. The highest BCUT2D eigenvalue weighted by Gasteiger charge is 2.23. The third-order valence-corrected chi connectivity index (χ3v) is 5.54. The third kappa shape index (κ3) is 4.09. The highest BCUT2D eigenvalue weighted by Crippen LogP contribution is 2.32. The van der Waals surface area contributed by atoms with Gasteiger partial charge in [0.05, 0.1) is 0 Å².